The van der Waals surface area contributed by atoms with Crippen LogP contribution < -0.4 is 5.73 Å². The van der Waals surface area contributed by atoms with Crippen molar-refractivity contribution in [1.82, 2.24) is 0 Å². The molecule has 3 unspecified atom stereocenters. The van der Waals surface area contributed by atoms with E-state index in [1.807, 2.05) is 18.2 Å². The minimum absolute atomic E-state index is 0.204. The highest BCUT2D eigenvalue weighted by atomic mass is 32.2. The Hall–Kier alpha value is -0.870. The molecule has 0 bridgehead atoms. The standard InChI is InChI=1S/C13H19NO2S/c1-17(15,16)13-9-11(7-8-12(13)14)10-5-3-2-4-6-10/h2-6,11-13H,7-9,14H2,1H3. The molecule has 2 rings (SSSR count). The van der Waals surface area contributed by atoms with Crippen molar-refractivity contribution >= 4 is 9.84 Å². The topological polar surface area (TPSA) is 60.2 Å². The molecule has 1 saturated carbocycles. The zero-order valence-electron chi connectivity index (χ0n) is 10.0. The van der Waals surface area contributed by atoms with Crippen LogP contribution in [0.5, 0.6) is 0 Å². The number of hydrogen-bond donors (Lipinski definition) is 1. The van der Waals surface area contributed by atoms with Crippen molar-refractivity contribution in [3.63, 3.8) is 0 Å². The van der Waals surface area contributed by atoms with E-state index < -0.39 is 9.84 Å². The second-order valence-corrected chi connectivity index (χ2v) is 7.22. The summed E-state index contributed by atoms with van der Waals surface area (Å²) in [5, 5.41) is -0.388. The van der Waals surface area contributed by atoms with Crippen molar-refractivity contribution < 1.29 is 8.42 Å². The molecule has 2 N–H and O–H groups in total. The van der Waals surface area contributed by atoms with E-state index in [1.165, 1.54) is 11.8 Å². The van der Waals surface area contributed by atoms with Gasteiger partial charge in [-0.05, 0) is 30.7 Å². The van der Waals surface area contributed by atoms with E-state index in [-0.39, 0.29) is 11.3 Å². The van der Waals surface area contributed by atoms with Crippen LogP contribution in [0.3, 0.4) is 0 Å². The van der Waals surface area contributed by atoms with Gasteiger partial charge in [0.25, 0.3) is 0 Å². The van der Waals surface area contributed by atoms with Gasteiger partial charge in [-0.1, -0.05) is 30.3 Å². The molecule has 1 aliphatic rings. The fraction of sp³-hybridized carbons (Fsp3) is 0.538. The van der Waals surface area contributed by atoms with Crippen LogP contribution in [-0.4, -0.2) is 26.0 Å². The third kappa shape index (κ3) is 2.87. The maximum Gasteiger partial charge on any atom is 0.151 e. The van der Waals surface area contributed by atoms with Crippen LogP contribution in [0.2, 0.25) is 0 Å². The molecule has 0 aliphatic heterocycles. The highest BCUT2D eigenvalue weighted by molar-refractivity contribution is 7.91. The molecule has 94 valence electrons. The van der Waals surface area contributed by atoms with E-state index in [0.717, 1.165) is 12.8 Å². The molecule has 3 atom stereocenters. The first-order chi connectivity index (χ1) is 7.98. The van der Waals surface area contributed by atoms with Gasteiger partial charge in [0.05, 0.1) is 5.25 Å². The molecule has 1 aromatic rings. The van der Waals surface area contributed by atoms with Gasteiger partial charge in [-0.15, -0.1) is 0 Å². The summed E-state index contributed by atoms with van der Waals surface area (Å²) in [6.45, 7) is 0. The van der Waals surface area contributed by atoms with Gasteiger partial charge in [0.15, 0.2) is 9.84 Å². The zero-order chi connectivity index (χ0) is 12.5. The molecular formula is C13H19NO2S. The highest BCUT2D eigenvalue weighted by Gasteiger charge is 2.35. The molecule has 1 aliphatic carbocycles. The molecule has 0 spiro atoms. The zero-order valence-corrected chi connectivity index (χ0v) is 10.9. The summed E-state index contributed by atoms with van der Waals surface area (Å²) in [5.41, 5.74) is 7.16. The third-order valence-corrected chi connectivity index (χ3v) is 5.31. The Bertz CT molecular complexity index is 469. The third-order valence-electron chi connectivity index (χ3n) is 3.66. The largest absolute Gasteiger partial charge is 0.327 e. The van der Waals surface area contributed by atoms with Crippen molar-refractivity contribution in [2.24, 2.45) is 5.73 Å². The normalized spacial score (nSPS) is 30.1. The van der Waals surface area contributed by atoms with E-state index in [4.69, 9.17) is 5.73 Å². The Morgan fingerprint density at radius 2 is 1.82 bits per heavy atom. The number of benzene rings is 1. The Morgan fingerprint density at radius 3 is 2.41 bits per heavy atom. The first-order valence-corrected chi connectivity index (χ1v) is 7.93. The first-order valence-electron chi connectivity index (χ1n) is 5.98. The van der Waals surface area contributed by atoms with E-state index in [0.29, 0.717) is 12.3 Å². The minimum Gasteiger partial charge on any atom is -0.327 e. The minimum atomic E-state index is -3.04. The number of rotatable bonds is 2. The summed E-state index contributed by atoms with van der Waals surface area (Å²) >= 11 is 0. The molecular weight excluding hydrogens is 234 g/mol. The average Bonchev–Trinajstić information content (AvgIpc) is 2.29. The maximum atomic E-state index is 11.7. The quantitative estimate of drug-likeness (QED) is 0.872. The molecule has 1 fully saturated rings. The van der Waals surface area contributed by atoms with Crippen LogP contribution in [0, 0.1) is 0 Å². The molecule has 0 aromatic heterocycles. The molecule has 0 saturated heterocycles. The SMILES string of the molecule is CS(=O)(=O)C1CC(c2ccccc2)CCC1N. The second kappa shape index (κ2) is 4.78. The summed E-state index contributed by atoms with van der Waals surface area (Å²) in [6, 6.07) is 9.91. The van der Waals surface area contributed by atoms with Gasteiger partial charge in [-0.25, -0.2) is 8.42 Å². The molecule has 0 heterocycles. The van der Waals surface area contributed by atoms with E-state index in [2.05, 4.69) is 12.1 Å². The number of hydrogen-bond acceptors (Lipinski definition) is 3. The van der Waals surface area contributed by atoms with E-state index in [1.54, 1.807) is 0 Å². The van der Waals surface area contributed by atoms with Crippen molar-refractivity contribution in [3.8, 4) is 0 Å². The lowest BCUT2D eigenvalue weighted by Gasteiger charge is -2.33. The Labute approximate surface area is 103 Å². The van der Waals surface area contributed by atoms with Gasteiger partial charge >= 0.3 is 0 Å². The van der Waals surface area contributed by atoms with Crippen LogP contribution >= 0.6 is 0 Å². The molecule has 17 heavy (non-hydrogen) atoms. The molecule has 0 amide bonds. The van der Waals surface area contributed by atoms with Crippen LogP contribution in [0.15, 0.2) is 30.3 Å². The average molecular weight is 253 g/mol. The Balaban J connectivity index is 2.19. The van der Waals surface area contributed by atoms with Gasteiger partial charge in [-0.3, -0.25) is 0 Å². The van der Waals surface area contributed by atoms with Crippen LogP contribution in [0.4, 0.5) is 0 Å². The maximum absolute atomic E-state index is 11.7. The summed E-state index contributed by atoms with van der Waals surface area (Å²) < 4.78 is 23.4. The van der Waals surface area contributed by atoms with Crippen molar-refractivity contribution in [3.05, 3.63) is 35.9 Å². The molecule has 3 nitrogen and oxygen atoms in total. The monoisotopic (exact) mass is 253 g/mol. The van der Waals surface area contributed by atoms with Crippen LogP contribution in [-0.2, 0) is 9.84 Å². The lowest BCUT2D eigenvalue weighted by Crippen LogP contribution is -2.44. The van der Waals surface area contributed by atoms with Gasteiger partial charge < -0.3 is 5.73 Å². The summed E-state index contributed by atoms with van der Waals surface area (Å²) in [5.74, 6) is 0.329. The number of nitrogens with two attached hydrogens (primary N) is 1. The fourth-order valence-corrected chi connectivity index (χ4v) is 4.03. The van der Waals surface area contributed by atoms with E-state index in [9.17, 15) is 8.42 Å². The van der Waals surface area contributed by atoms with Crippen molar-refractivity contribution in [1.29, 1.82) is 0 Å². The lowest BCUT2D eigenvalue weighted by atomic mass is 9.82. The second-order valence-electron chi connectivity index (χ2n) is 4.95. The summed E-state index contributed by atoms with van der Waals surface area (Å²) in [6.07, 6.45) is 3.73. The van der Waals surface area contributed by atoms with Crippen LogP contribution in [0.25, 0.3) is 0 Å². The van der Waals surface area contributed by atoms with Gasteiger partial charge in [0.2, 0.25) is 0 Å². The molecule has 0 radical (unpaired) electrons. The summed E-state index contributed by atoms with van der Waals surface area (Å²) in [7, 11) is -3.04. The van der Waals surface area contributed by atoms with E-state index >= 15 is 0 Å². The lowest BCUT2D eigenvalue weighted by molar-refractivity contribution is 0.392. The summed E-state index contributed by atoms with van der Waals surface area (Å²) in [4.78, 5) is 0. The van der Waals surface area contributed by atoms with Gasteiger partial charge in [0.1, 0.15) is 0 Å². The molecule has 4 heteroatoms. The van der Waals surface area contributed by atoms with Gasteiger partial charge in [0, 0.05) is 12.3 Å². The highest BCUT2D eigenvalue weighted by Crippen LogP contribution is 2.34. The Morgan fingerprint density at radius 1 is 1.18 bits per heavy atom. The molecule has 1 aromatic carbocycles. The Kier molecular flexibility index (Phi) is 3.54. The number of sulfone groups is 1. The smallest absolute Gasteiger partial charge is 0.151 e. The van der Waals surface area contributed by atoms with Gasteiger partial charge in [-0.2, -0.15) is 0 Å². The first kappa shape index (κ1) is 12.6. The van der Waals surface area contributed by atoms with Crippen molar-refractivity contribution in [2.75, 3.05) is 6.26 Å². The van der Waals surface area contributed by atoms with Crippen molar-refractivity contribution in [2.45, 2.75) is 36.5 Å². The fourth-order valence-electron chi connectivity index (χ4n) is 2.67. The predicted octanol–water partition coefficient (Wildman–Crippen LogP) is 1.69. The predicted molar refractivity (Wildman–Crippen MR) is 69.6 cm³/mol. The van der Waals surface area contributed by atoms with Crippen LogP contribution in [0.1, 0.15) is 30.7 Å².